The fourth-order valence-corrected chi connectivity index (χ4v) is 6.14. The smallest absolute Gasteiger partial charge is 0.278 e. The number of rotatable bonds is 2. The van der Waals surface area contributed by atoms with E-state index in [0.717, 1.165) is 17.1 Å². The van der Waals surface area contributed by atoms with Crippen LogP contribution in [0.5, 0.6) is 5.75 Å². The second-order valence-electron chi connectivity index (χ2n) is 6.43. The lowest BCUT2D eigenvalue weighted by Crippen LogP contribution is -2.88. The number of nitrogens with two attached hydrogens (primary N) is 1. The Kier molecular flexibility index (Phi) is 2.83. The quantitative estimate of drug-likeness (QED) is 0.775. The van der Waals surface area contributed by atoms with Gasteiger partial charge in [0, 0.05) is 5.75 Å². The topological polar surface area (TPSA) is 106 Å². The van der Waals surface area contributed by atoms with Crippen LogP contribution in [0, 0.1) is 33.5 Å². The van der Waals surface area contributed by atoms with Crippen LogP contribution in [0.15, 0.2) is 24.3 Å². The summed E-state index contributed by atoms with van der Waals surface area (Å²) in [6.07, 6.45) is 0. The third-order valence-corrected chi connectivity index (χ3v) is 7.20. The number of fused-ring (bicyclic) bond motifs is 2. The third-order valence-electron chi connectivity index (χ3n) is 5.89. The predicted octanol–water partition coefficient (Wildman–Crippen LogP) is -0.145. The lowest BCUT2D eigenvalue weighted by molar-refractivity contribution is -0.584. The number of hydrogen-bond donors (Lipinski definition) is 2. The monoisotopic (exact) mass is 341 g/mol. The van der Waals surface area contributed by atoms with E-state index in [0.29, 0.717) is 12.4 Å². The maximum absolute atomic E-state index is 10.2. The van der Waals surface area contributed by atoms with Crippen molar-refractivity contribution in [2.75, 3.05) is 19.5 Å². The Morgan fingerprint density at radius 3 is 2.50 bits per heavy atom. The molecule has 6 nitrogen and oxygen atoms in total. The van der Waals surface area contributed by atoms with Crippen LogP contribution in [0.25, 0.3) is 0 Å². The molecule has 0 bridgehead atoms. The lowest BCUT2D eigenvalue weighted by Gasteiger charge is -2.27. The van der Waals surface area contributed by atoms with Crippen molar-refractivity contribution in [2.45, 2.75) is 17.4 Å². The van der Waals surface area contributed by atoms with Crippen molar-refractivity contribution < 1.29 is 14.5 Å². The number of amidine groups is 1. The molecule has 122 valence electrons. The second kappa shape index (κ2) is 4.44. The summed E-state index contributed by atoms with van der Waals surface area (Å²) in [7, 11) is 1.60. The van der Waals surface area contributed by atoms with Gasteiger partial charge < -0.3 is 9.47 Å². The van der Waals surface area contributed by atoms with Crippen LogP contribution in [0.2, 0.25) is 0 Å². The third kappa shape index (κ3) is 1.21. The number of nitrogens with one attached hydrogen (secondary N) is 1. The minimum atomic E-state index is -1.12. The Labute approximate surface area is 144 Å². The molecule has 0 amide bonds. The Morgan fingerprint density at radius 2 is 2.00 bits per heavy atom. The first-order chi connectivity index (χ1) is 11.5. The van der Waals surface area contributed by atoms with Gasteiger partial charge in [-0.2, -0.15) is 10.5 Å². The zero-order valence-electron chi connectivity index (χ0n) is 13.4. The highest BCUT2D eigenvalue weighted by Crippen LogP contribution is 2.83. The van der Waals surface area contributed by atoms with E-state index in [1.165, 1.54) is 11.8 Å². The molecule has 3 N–H and O–H groups in total. The summed E-state index contributed by atoms with van der Waals surface area (Å²) in [5.74, 6) is 1.80. The summed E-state index contributed by atoms with van der Waals surface area (Å²) in [4.78, 5) is 3.13. The molecule has 7 heteroatoms. The van der Waals surface area contributed by atoms with Crippen LogP contribution >= 0.6 is 11.8 Å². The average Bonchev–Trinajstić information content (AvgIpc) is 2.88. The van der Waals surface area contributed by atoms with E-state index in [2.05, 4.69) is 17.1 Å². The Morgan fingerprint density at radius 1 is 1.29 bits per heavy atom. The SMILES string of the molecule is COc1ccc([C@]2(C)[C@]3(C#N)C(N)=[NH+][C@@]4(OCCS4)[C@@]32C#N)cc1. The first-order valence-corrected chi connectivity index (χ1v) is 8.64. The lowest BCUT2D eigenvalue weighted by atomic mass is 9.85. The van der Waals surface area contributed by atoms with Crippen LogP contribution in [-0.4, -0.2) is 30.4 Å². The maximum atomic E-state index is 10.2. The van der Waals surface area contributed by atoms with Crippen molar-refractivity contribution in [3.05, 3.63) is 29.8 Å². The van der Waals surface area contributed by atoms with Gasteiger partial charge in [0.25, 0.3) is 10.9 Å². The van der Waals surface area contributed by atoms with Crippen LogP contribution in [0.1, 0.15) is 12.5 Å². The molecule has 2 aliphatic heterocycles. The highest BCUT2D eigenvalue weighted by atomic mass is 32.2. The van der Waals surface area contributed by atoms with Gasteiger partial charge in [-0.3, -0.25) is 5.73 Å². The highest BCUT2D eigenvalue weighted by molar-refractivity contribution is 8.00. The van der Waals surface area contributed by atoms with Gasteiger partial charge in [-0.05, 0) is 17.7 Å². The molecule has 1 aliphatic carbocycles. The van der Waals surface area contributed by atoms with E-state index in [-0.39, 0.29) is 0 Å². The van der Waals surface area contributed by atoms with Gasteiger partial charge in [0.15, 0.2) is 10.8 Å². The Hall–Kier alpha value is -2.22. The minimum absolute atomic E-state index is 0.319. The number of methoxy groups -OCH3 is 1. The van der Waals surface area contributed by atoms with Crippen LogP contribution < -0.4 is 15.5 Å². The fourth-order valence-electron chi connectivity index (χ4n) is 4.71. The zero-order valence-corrected chi connectivity index (χ0v) is 14.2. The van der Waals surface area contributed by atoms with Gasteiger partial charge in [0.2, 0.25) is 0 Å². The first kappa shape index (κ1) is 15.3. The van der Waals surface area contributed by atoms with Gasteiger partial charge in [-0.1, -0.05) is 30.8 Å². The number of nitrogens with zero attached hydrogens (tertiary/aromatic N) is 2. The number of thioether (sulfide) groups is 1. The summed E-state index contributed by atoms with van der Waals surface area (Å²) in [6, 6.07) is 12.2. The van der Waals surface area contributed by atoms with Crippen molar-refractivity contribution in [3.8, 4) is 17.9 Å². The molecule has 2 heterocycles. The first-order valence-electron chi connectivity index (χ1n) is 7.66. The van der Waals surface area contributed by atoms with Crippen molar-refractivity contribution in [3.63, 3.8) is 0 Å². The molecular formula is C17H17N4O2S+. The zero-order chi connectivity index (χ0) is 17.2. The fraction of sp³-hybridized carbons (Fsp3) is 0.471. The van der Waals surface area contributed by atoms with Crippen LogP contribution in [0.3, 0.4) is 0 Å². The Bertz CT molecular complexity index is 834. The van der Waals surface area contributed by atoms with Gasteiger partial charge in [-0.15, -0.1) is 0 Å². The second-order valence-corrected chi connectivity index (χ2v) is 7.70. The molecule has 4 rings (SSSR count). The molecule has 1 spiro atoms. The highest BCUT2D eigenvalue weighted by Gasteiger charge is 3.02. The van der Waals surface area contributed by atoms with Crippen molar-refractivity contribution >= 4 is 17.6 Å². The molecule has 0 radical (unpaired) electrons. The number of ether oxygens (including phenoxy) is 2. The van der Waals surface area contributed by atoms with Crippen molar-refractivity contribution in [1.29, 1.82) is 10.5 Å². The molecule has 0 unspecified atom stereocenters. The van der Waals surface area contributed by atoms with E-state index in [4.69, 9.17) is 15.2 Å². The molecule has 1 aromatic carbocycles. The summed E-state index contributed by atoms with van der Waals surface area (Å²) in [5.41, 5.74) is 4.18. The minimum Gasteiger partial charge on any atom is -0.497 e. The summed E-state index contributed by atoms with van der Waals surface area (Å²) < 4.78 is 11.2. The maximum Gasteiger partial charge on any atom is 0.278 e. The number of nitriles is 2. The van der Waals surface area contributed by atoms with Gasteiger partial charge in [0.05, 0.1) is 31.3 Å². The molecule has 3 aliphatic rings. The van der Waals surface area contributed by atoms with Gasteiger partial charge >= 0.3 is 0 Å². The van der Waals surface area contributed by atoms with Crippen LogP contribution in [0.4, 0.5) is 0 Å². The molecule has 24 heavy (non-hydrogen) atoms. The summed E-state index contributed by atoms with van der Waals surface area (Å²) in [5, 5.41) is 19.2. The normalized spacial score (nSPS) is 42.1. The molecule has 1 aromatic rings. The van der Waals surface area contributed by atoms with E-state index < -0.39 is 21.3 Å². The van der Waals surface area contributed by atoms with Gasteiger partial charge in [-0.25, -0.2) is 4.99 Å². The molecule has 2 fully saturated rings. The largest absolute Gasteiger partial charge is 0.497 e. The summed E-state index contributed by atoms with van der Waals surface area (Å²) in [6.45, 7) is 2.45. The van der Waals surface area contributed by atoms with Gasteiger partial charge in [0.1, 0.15) is 5.75 Å². The van der Waals surface area contributed by atoms with E-state index in [1.54, 1.807) is 7.11 Å². The van der Waals surface area contributed by atoms with E-state index in [1.807, 2.05) is 31.2 Å². The number of hydrogen-bond acceptors (Lipinski definition) is 6. The molecule has 1 saturated heterocycles. The standard InChI is InChI=1S/C17H16N4O2S/c1-14(11-3-5-12(22-2)6-4-11)15(9-18)13(20)21-17(16(14,15)10-19)23-7-8-24-17/h3-6H,7-8H2,1-2H3,(H2,20,21)/p+1/t14-,15+,16-,17-/m1/s1. The van der Waals surface area contributed by atoms with Crippen molar-refractivity contribution in [1.82, 2.24) is 0 Å². The van der Waals surface area contributed by atoms with E-state index in [9.17, 15) is 10.5 Å². The summed E-state index contributed by atoms with van der Waals surface area (Å²) >= 11 is 1.52. The molecule has 1 saturated carbocycles. The van der Waals surface area contributed by atoms with E-state index >= 15 is 0 Å². The van der Waals surface area contributed by atoms with Crippen LogP contribution in [-0.2, 0) is 10.2 Å². The molecule has 0 aromatic heterocycles. The average molecular weight is 341 g/mol. The number of benzene rings is 1. The molecule has 4 atom stereocenters. The Balaban J connectivity index is 1.95. The van der Waals surface area contributed by atoms with Crippen molar-refractivity contribution in [2.24, 2.45) is 16.6 Å². The predicted molar refractivity (Wildman–Crippen MR) is 87.7 cm³/mol. The molecular weight excluding hydrogens is 324 g/mol.